The number of fused-ring (bicyclic) bond motifs is 3. The molecule has 4 heterocycles. The number of benzene rings is 2. The molecular formula is C59H80N4O19P2. The molecule has 1 fully saturated rings. The lowest BCUT2D eigenvalue weighted by molar-refractivity contribution is -0.155. The summed E-state index contributed by atoms with van der Waals surface area (Å²) in [6.07, 6.45) is 3.07. The number of hydrogen-bond donors (Lipinski definition) is 8. The molecular weight excluding hydrogens is 1130 g/mol. The Balaban J connectivity index is 1.45. The lowest BCUT2D eigenvalue weighted by atomic mass is 9.79. The molecule has 7 rings (SSSR count). The lowest BCUT2D eigenvalue weighted by Gasteiger charge is -2.48. The highest BCUT2D eigenvalue weighted by Crippen LogP contribution is 2.56. The van der Waals surface area contributed by atoms with E-state index in [0.29, 0.717) is 19.6 Å². The average Bonchev–Trinajstić information content (AvgIpc) is 1.51. The largest absolute Gasteiger partial charge is 0.507 e. The monoisotopic (exact) mass is 1210 g/mol. The van der Waals surface area contributed by atoms with Gasteiger partial charge in [-0.2, -0.15) is 0 Å². The van der Waals surface area contributed by atoms with Crippen molar-refractivity contribution in [3.8, 4) is 17.2 Å². The first-order chi connectivity index (χ1) is 39.0. The Bertz CT molecular complexity index is 3230. The fourth-order valence-corrected chi connectivity index (χ4v) is 15.2. The number of phenols is 1. The van der Waals surface area contributed by atoms with Gasteiger partial charge in [0, 0.05) is 112 Å². The number of aliphatic imine (C=N–C) groups is 1. The van der Waals surface area contributed by atoms with Crippen molar-refractivity contribution >= 4 is 61.3 Å². The number of esters is 2. The molecule has 460 valence electrons. The fourth-order valence-electron chi connectivity index (χ4n) is 11.9. The molecule has 84 heavy (non-hydrogen) atoms. The summed E-state index contributed by atoms with van der Waals surface area (Å²) in [7, 11) is -8.43. The van der Waals surface area contributed by atoms with Crippen LogP contribution in [0.15, 0.2) is 65.0 Å². The van der Waals surface area contributed by atoms with E-state index in [1.165, 1.54) is 70.3 Å². The molecule has 10 atom stereocenters. The number of ether oxygens (including phenoxy) is 5. The number of piperidine rings is 1. The molecule has 4 aliphatic heterocycles. The van der Waals surface area contributed by atoms with Crippen LogP contribution in [-0.2, 0) is 48.9 Å². The van der Waals surface area contributed by atoms with E-state index in [2.05, 4.69) is 24.1 Å². The van der Waals surface area contributed by atoms with Crippen molar-refractivity contribution in [3.63, 3.8) is 0 Å². The zero-order chi connectivity index (χ0) is 62.5. The topological polar surface area (TPSA) is 338 Å². The predicted molar refractivity (Wildman–Crippen MR) is 310 cm³/mol. The summed E-state index contributed by atoms with van der Waals surface area (Å²) in [6, 6.07) is 1.91. The van der Waals surface area contributed by atoms with Crippen molar-refractivity contribution in [3.05, 3.63) is 87.9 Å². The number of hydrogen-bond acceptors (Lipinski definition) is 18. The number of methoxy groups -OCH3 is 1. The number of phenolic OH excluding ortho intramolecular Hbond substituents is 1. The molecule has 8 N–H and O–H groups in total. The second-order valence-electron chi connectivity index (χ2n) is 24.1. The molecule has 0 saturated carbocycles. The first-order valence-corrected chi connectivity index (χ1v) is 31.6. The molecule has 2 aromatic carbocycles. The minimum atomic E-state index is -5.05. The maximum atomic E-state index is 16.3. The van der Waals surface area contributed by atoms with Crippen molar-refractivity contribution in [1.29, 1.82) is 0 Å². The Morgan fingerprint density at radius 2 is 1.60 bits per heavy atom. The molecule has 1 aliphatic carbocycles. The van der Waals surface area contributed by atoms with Crippen molar-refractivity contribution in [2.24, 2.45) is 34.1 Å². The van der Waals surface area contributed by atoms with E-state index < -0.39 is 132 Å². The zero-order valence-corrected chi connectivity index (χ0v) is 51.5. The highest BCUT2D eigenvalue weighted by Gasteiger charge is 2.60. The molecule has 1 spiro atoms. The smallest absolute Gasteiger partial charge is 0.335 e. The van der Waals surface area contributed by atoms with Crippen LogP contribution < -0.4 is 20.1 Å². The molecule has 2 aromatic rings. The van der Waals surface area contributed by atoms with E-state index in [1.54, 1.807) is 40.7 Å². The third-order valence-electron chi connectivity index (χ3n) is 16.5. The summed E-state index contributed by atoms with van der Waals surface area (Å²) in [5, 5.41) is 50.9. The molecule has 1 unspecified atom stereocenters. The fraction of sp³-hybridized carbons (Fsp3) is 0.559. The summed E-state index contributed by atoms with van der Waals surface area (Å²) in [5.41, 5.74) is -3.97. The summed E-state index contributed by atoms with van der Waals surface area (Å²) < 4.78 is 55.2. The highest BCUT2D eigenvalue weighted by atomic mass is 31.2. The van der Waals surface area contributed by atoms with E-state index >= 15 is 9.59 Å². The van der Waals surface area contributed by atoms with Crippen LogP contribution in [0.25, 0.3) is 5.76 Å². The number of rotatable bonds is 11. The Labute approximate surface area is 489 Å². The number of carbonyl (C=O) groups excluding carboxylic acids is 5. The van der Waals surface area contributed by atoms with Gasteiger partial charge in [0.05, 0.1) is 47.1 Å². The second kappa shape index (κ2) is 24.8. The Morgan fingerprint density at radius 1 is 0.940 bits per heavy atom. The third kappa shape index (κ3) is 13.3. The van der Waals surface area contributed by atoms with Gasteiger partial charge in [-0.05, 0) is 56.0 Å². The molecule has 0 aromatic heterocycles. The number of aromatic hydroxyl groups is 1. The van der Waals surface area contributed by atoms with E-state index in [0.717, 1.165) is 19.1 Å². The molecule has 5 aliphatic rings. The first-order valence-electron chi connectivity index (χ1n) is 28.0. The number of nitrogens with zero attached hydrogens (tertiary/aromatic N) is 3. The minimum Gasteiger partial charge on any atom is -0.507 e. The summed E-state index contributed by atoms with van der Waals surface area (Å²) in [4.78, 5) is 111. The molecule has 23 nitrogen and oxygen atoms in total. The number of aliphatic hydroxyl groups excluding tert-OH is 3. The first kappa shape index (κ1) is 65.5. The molecule has 2 amide bonds. The number of ketones is 1. The van der Waals surface area contributed by atoms with Crippen LogP contribution >= 0.6 is 15.0 Å². The molecule has 5 bridgehead atoms. The van der Waals surface area contributed by atoms with Crippen LogP contribution in [0.1, 0.15) is 128 Å². The van der Waals surface area contributed by atoms with Gasteiger partial charge in [-0.3, -0.25) is 38.1 Å². The maximum Gasteiger partial charge on any atom is 0.335 e. The molecule has 25 heteroatoms. The Morgan fingerprint density at radius 3 is 2.19 bits per heavy atom. The SMILES string of the molecule is CO[C@H]1/C=C/O[C@@]2(C)Oc3c(C)c(O)c4c(c3C2=O)C2=NC3(CCN(CC(C)C)CC3)N(C(=O)C(C)(C)Cc3cc(P(=O)(O)CP(=O)(O)O)ccc3OC(C)=O)[C@@H]2C(=C4O)NC(=O)/C(C)=C\C=C\[C@H](C)[C@H](O)[C@@H](C)[C@@H](O)[C@@H](C)[C@H](OC(C)=O)C1. The van der Waals surface area contributed by atoms with Crippen molar-refractivity contribution in [1.82, 2.24) is 15.1 Å². The Hall–Kier alpha value is -6.00. The van der Waals surface area contributed by atoms with Gasteiger partial charge in [0.15, 0.2) is 0 Å². The average molecular weight is 1210 g/mol. The van der Waals surface area contributed by atoms with Gasteiger partial charge >= 0.3 is 25.3 Å². The minimum absolute atomic E-state index is 0.00343. The Kier molecular flexibility index (Phi) is 19.3. The van der Waals surface area contributed by atoms with Crippen LogP contribution in [0, 0.1) is 36.0 Å². The van der Waals surface area contributed by atoms with Gasteiger partial charge in [-0.15, -0.1) is 0 Å². The van der Waals surface area contributed by atoms with Gasteiger partial charge in [-0.25, -0.2) is 0 Å². The van der Waals surface area contributed by atoms with Gasteiger partial charge < -0.3 is 73.9 Å². The molecule has 1 saturated heterocycles. The van der Waals surface area contributed by atoms with Crippen molar-refractivity contribution in [2.45, 2.75) is 151 Å². The van der Waals surface area contributed by atoms with Crippen LogP contribution in [0.4, 0.5) is 0 Å². The number of Topliss-reactive ketones (excluding diaryl/α,β-unsaturated/α-hetero) is 1. The van der Waals surface area contributed by atoms with Crippen LogP contribution in [0.2, 0.25) is 0 Å². The van der Waals surface area contributed by atoms with Crippen molar-refractivity contribution in [2.75, 3.05) is 32.6 Å². The third-order valence-corrected chi connectivity index (χ3v) is 20.6. The number of amides is 2. The summed E-state index contributed by atoms with van der Waals surface area (Å²) in [5.74, 6) is -10.7. The van der Waals surface area contributed by atoms with E-state index in [9.17, 15) is 58.6 Å². The predicted octanol–water partition coefficient (Wildman–Crippen LogP) is 6.03. The normalized spacial score (nSPS) is 29.0. The number of aliphatic hydroxyl groups is 3. The standard InChI is InChI=1S/C59H80N4O19P2/c1-30(2)28-62-22-20-59(21-23-62)61-46-43-44-51(68)35(7)53-45(43)54(70)58(12,82-53)79-24-19-39(78-13)26-42(81-37(9)65)33(5)50(67)34(6)49(66)31(3)15-14-16-32(4)55(71)60-47(52(44)69)48(46)63(59)56(72)57(10,11)27-38-25-40(17-18-41(38)80-36(8)64)83(73,74)29-84(75,76)77/h14-19,24-25,30-31,33-34,39,42,48-50,66-69H,20-23,26-29H2,1-13H3,(H,60,71)(H,73,74)(H2,75,76,77)/b15-14+,24-19+,32-16-/t31-,33-,34+,39-,42+,48-,49-,50-,58-/m0/s1. The molecule has 0 radical (unpaired) electrons. The van der Waals surface area contributed by atoms with Crippen LogP contribution in [-0.4, -0.2) is 155 Å². The number of carbonyl (C=O) groups is 5. The second-order valence-corrected chi connectivity index (χ2v) is 28.5. The van der Waals surface area contributed by atoms with Gasteiger partial charge in [0.1, 0.15) is 46.7 Å². The maximum absolute atomic E-state index is 16.3. The number of likely N-dealkylation sites (tertiary alicyclic amines) is 1. The van der Waals surface area contributed by atoms with E-state index in [1.807, 2.05) is 0 Å². The highest BCUT2D eigenvalue weighted by molar-refractivity contribution is 7.77. The summed E-state index contributed by atoms with van der Waals surface area (Å²) in [6.45, 7) is 20.4. The van der Waals surface area contributed by atoms with Gasteiger partial charge in [-0.1, -0.05) is 66.7 Å². The van der Waals surface area contributed by atoms with Crippen molar-refractivity contribution < 1.29 is 91.9 Å². The van der Waals surface area contributed by atoms with Gasteiger partial charge in [0.25, 0.3) is 11.7 Å². The zero-order valence-electron chi connectivity index (χ0n) is 49.7. The number of allylic oxidation sites excluding steroid dienone is 2. The number of nitrogens with one attached hydrogen (secondary N) is 1. The van der Waals surface area contributed by atoms with E-state index in [-0.39, 0.29) is 87.9 Å². The van der Waals surface area contributed by atoms with Crippen LogP contribution in [0.3, 0.4) is 0 Å². The summed E-state index contributed by atoms with van der Waals surface area (Å²) >= 11 is 0. The quantitative estimate of drug-likeness (QED) is 0.0722. The van der Waals surface area contributed by atoms with Crippen LogP contribution in [0.5, 0.6) is 17.2 Å². The van der Waals surface area contributed by atoms with Gasteiger partial charge in [0.2, 0.25) is 13.3 Å². The van der Waals surface area contributed by atoms with E-state index in [4.69, 9.17) is 28.7 Å². The lowest BCUT2D eigenvalue weighted by Crippen LogP contribution is -2.62.